The smallest absolute Gasteiger partial charge is 0.352 e. The minimum atomic E-state index is -1.21. The third-order valence-electron chi connectivity index (χ3n) is 3.14. The first kappa shape index (κ1) is 17.8. The fourth-order valence-electron chi connectivity index (χ4n) is 2.08. The molecule has 10 nitrogen and oxygen atoms in total. The zero-order valence-electron chi connectivity index (χ0n) is 12.7. The second kappa shape index (κ2) is 7.84. The van der Waals surface area contributed by atoms with Crippen LogP contribution in [0.25, 0.3) is 0 Å². The van der Waals surface area contributed by atoms with E-state index in [-0.39, 0.29) is 17.7 Å². The summed E-state index contributed by atoms with van der Waals surface area (Å²) in [4.78, 5) is 45.4. The van der Waals surface area contributed by atoms with Crippen molar-refractivity contribution in [2.24, 2.45) is 5.73 Å². The van der Waals surface area contributed by atoms with Gasteiger partial charge in [-0.15, -0.1) is 11.8 Å². The Morgan fingerprint density at radius 2 is 1.96 bits per heavy atom. The van der Waals surface area contributed by atoms with Crippen LogP contribution in [-0.2, 0) is 19.1 Å². The van der Waals surface area contributed by atoms with E-state index < -0.39 is 23.9 Å². The highest BCUT2D eigenvalue weighted by Crippen LogP contribution is 2.39. The number of hydrogen-bond donors (Lipinski definition) is 2. The van der Waals surface area contributed by atoms with E-state index in [1.807, 2.05) is 0 Å². The largest absolute Gasteiger partial charge is 0.477 e. The summed E-state index contributed by atoms with van der Waals surface area (Å²) in [7, 11) is 0. The molecule has 1 amide bonds. The number of nitrogens with zero attached hydrogens (tertiary/aromatic N) is 4. The molecule has 1 fully saturated rings. The van der Waals surface area contributed by atoms with E-state index in [1.54, 1.807) is 0 Å². The Kier molecular flexibility index (Phi) is 5.82. The molecule has 0 bridgehead atoms. The lowest BCUT2D eigenvalue weighted by molar-refractivity contribution is -0.148. The Balaban J connectivity index is 0.000000292. The van der Waals surface area contributed by atoms with Crippen molar-refractivity contribution in [3.05, 3.63) is 30.3 Å². The van der Waals surface area contributed by atoms with Gasteiger partial charge in [0, 0.05) is 18.2 Å². The third kappa shape index (κ3) is 3.86. The van der Waals surface area contributed by atoms with Gasteiger partial charge in [0.1, 0.15) is 42.7 Å². The molecule has 11 heteroatoms. The summed E-state index contributed by atoms with van der Waals surface area (Å²) >= 11 is 1.37. The molecule has 3 heterocycles. The van der Waals surface area contributed by atoms with Crippen LogP contribution in [0.1, 0.15) is 6.92 Å². The van der Waals surface area contributed by atoms with Crippen LogP contribution in [0.5, 0.6) is 0 Å². The monoisotopic (exact) mass is 353 g/mol. The summed E-state index contributed by atoms with van der Waals surface area (Å²) in [6, 6.07) is -0.653. The van der Waals surface area contributed by atoms with Crippen molar-refractivity contribution < 1.29 is 24.2 Å². The van der Waals surface area contributed by atoms with E-state index in [0.717, 1.165) is 0 Å². The number of aliphatic carboxylic acids is 1. The van der Waals surface area contributed by atoms with Gasteiger partial charge in [-0.1, -0.05) is 0 Å². The van der Waals surface area contributed by atoms with Crippen LogP contribution in [0.15, 0.2) is 30.3 Å². The Hall–Kier alpha value is -2.53. The zero-order chi connectivity index (χ0) is 17.7. The van der Waals surface area contributed by atoms with E-state index in [1.165, 1.54) is 42.6 Å². The lowest BCUT2D eigenvalue weighted by Crippen LogP contribution is -2.68. The summed E-state index contributed by atoms with van der Waals surface area (Å²) in [6.45, 7) is 1.13. The minimum Gasteiger partial charge on any atom is -0.477 e. The predicted molar refractivity (Wildman–Crippen MR) is 82.2 cm³/mol. The number of nitrogens with two attached hydrogens (primary N) is 1. The molecular formula is C13H15N5O5S. The van der Waals surface area contributed by atoms with Gasteiger partial charge in [-0.05, 0) is 0 Å². The van der Waals surface area contributed by atoms with E-state index in [4.69, 9.17) is 15.6 Å². The highest BCUT2D eigenvalue weighted by molar-refractivity contribution is 8.00. The average molecular weight is 353 g/mol. The van der Waals surface area contributed by atoms with Gasteiger partial charge in [-0.3, -0.25) is 14.5 Å². The summed E-state index contributed by atoms with van der Waals surface area (Å²) in [5.74, 6) is -1.73. The first-order valence-corrected chi connectivity index (χ1v) is 7.82. The van der Waals surface area contributed by atoms with Gasteiger partial charge in [-0.2, -0.15) is 0 Å². The second-order valence-corrected chi connectivity index (χ2v) is 5.87. The third-order valence-corrected chi connectivity index (χ3v) is 4.50. The predicted octanol–water partition coefficient (Wildman–Crippen LogP) is -0.998. The number of hydrogen-bond acceptors (Lipinski definition) is 9. The van der Waals surface area contributed by atoms with Crippen molar-refractivity contribution in [1.82, 2.24) is 19.9 Å². The number of carbonyl (C=O) groups is 3. The maximum atomic E-state index is 11.6. The fraction of sp³-hybridized carbons (Fsp3) is 0.385. The summed E-state index contributed by atoms with van der Waals surface area (Å²) in [5, 5.41) is 8.83. The van der Waals surface area contributed by atoms with Gasteiger partial charge in [0.25, 0.3) is 0 Å². The van der Waals surface area contributed by atoms with Crippen LogP contribution in [0.4, 0.5) is 0 Å². The normalized spacial score (nSPS) is 21.9. The van der Waals surface area contributed by atoms with Gasteiger partial charge in [0.05, 0.1) is 0 Å². The van der Waals surface area contributed by atoms with Crippen molar-refractivity contribution in [1.29, 1.82) is 0 Å². The molecule has 2 aliphatic rings. The maximum Gasteiger partial charge on any atom is 0.352 e. The lowest BCUT2D eigenvalue weighted by Gasteiger charge is -2.47. The minimum absolute atomic E-state index is 0.105. The number of carboxylic acid groups (broad SMARTS) is 1. The van der Waals surface area contributed by atoms with Gasteiger partial charge in [0.15, 0.2) is 0 Å². The van der Waals surface area contributed by atoms with Gasteiger partial charge in [0.2, 0.25) is 5.91 Å². The van der Waals surface area contributed by atoms with Crippen LogP contribution in [0, 0.1) is 0 Å². The molecule has 3 N–H and O–H groups in total. The zero-order valence-corrected chi connectivity index (χ0v) is 13.5. The highest BCUT2D eigenvalue weighted by atomic mass is 32.2. The molecule has 24 heavy (non-hydrogen) atoms. The second-order valence-electron chi connectivity index (χ2n) is 4.77. The highest BCUT2D eigenvalue weighted by Gasteiger charge is 2.51. The van der Waals surface area contributed by atoms with Crippen molar-refractivity contribution in [2.45, 2.75) is 18.3 Å². The number of ether oxygens (including phenoxy) is 1. The van der Waals surface area contributed by atoms with Crippen LogP contribution < -0.4 is 5.73 Å². The van der Waals surface area contributed by atoms with Crippen LogP contribution in [-0.4, -0.2) is 66.6 Å². The number of thioether (sulfide) groups is 1. The maximum absolute atomic E-state index is 11.6. The Labute approximate surface area is 141 Å². The van der Waals surface area contributed by atoms with Crippen LogP contribution in [0.2, 0.25) is 0 Å². The van der Waals surface area contributed by atoms with Crippen LogP contribution >= 0.6 is 11.8 Å². The number of aromatic nitrogens is 3. The molecule has 1 aromatic heterocycles. The quantitative estimate of drug-likeness (QED) is 0.512. The first-order chi connectivity index (χ1) is 11.4. The molecule has 0 radical (unpaired) electrons. The molecule has 2 aliphatic heterocycles. The average Bonchev–Trinajstić information content (AvgIpc) is 2.60. The molecule has 2 atom stereocenters. The summed E-state index contributed by atoms with van der Waals surface area (Å²) < 4.78 is 4.79. The molecule has 1 aromatic rings. The number of carbonyl (C=O) groups excluding carboxylic acids is 2. The Morgan fingerprint density at radius 3 is 2.42 bits per heavy atom. The van der Waals surface area contributed by atoms with E-state index in [0.29, 0.717) is 11.3 Å². The Bertz CT molecular complexity index is 641. The van der Waals surface area contributed by atoms with Crippen LogP contribution in [0.3, 0.4) is 0 Å². The lowest BCUT2D eigenvalue weighted by atomic mass is 10.0. The van der Waals surface area contributed by atoms with Gasteiger partial charge < -0.3 is 15.6 Å². The summed E-state index contributed by atoms with van der Waals surface area (Å²) in [5.41, 5.74) is 5.90. The van der Waals surface area contributed by atoms with E-state index in [2.05, 4.69) is 15.0 Å². The molecule has 0 aromatic carbocycles. The van der Waals surface area contributed by atoms with Crippen molar-refractivity contribution in [2.75, 3.05) is 12.4 Å². The van der Waals surface area contributed by atoms with Gasteiger partial charge in [-0.25, -0.2) is 19.7 Å². The van der Waals surface area contributed by atoms with E-state index in [9.17, 15) is 14.4 Å². The molecule has 128 valence electrons. The number of carboxylic acids is 1. The molecule has 1 saturated heterocycles. The number of amides is 1. The standard InChI is InChI=1S/C10H12N2O5S.C3H3N3/c1-4(13)17-2-5-3-18-9-6(11)8(14)12(9)7(5)10(15)16;1-4-2-6-3-5-1/h6,9H,2-3,11H2,1H3,(H,15,16);1-3H/t6?,9-;/m1./s1. The fourth-order valence-corrected chi connectivity index (χ4v) is 3.36. The molecule has 3 rings (SSSR count). The number of fused-ring (bicyclic) bond motifs is 1. The molecule has 1 unspecified atom stereocenters. The van der Waals surface area contributed by atoms with Crippen molar-refractivity contribution >= 4 is 29.6 Å². The van der Waals surface area contributed by atoms with Crippen molar-refractivity contribution in [3.8, 4) is 0 Å². The molecule has 0 spiro atoms. The SMILES string of the molecule is CC(=O)OCC1=C(C(=O)O)N2C(=O)C(N)[C@H]2SC1.c1ncncn1. The van der Waals surface area contributed by atoms with E-state index >= 15 is 0 Å². The molecule has 0 aliphatic carbocycles. The number of rotatable bonds is 3. The molecule has 0 saturated carbocycles. The Morgan fingerprint density at radius 1 is 1.38 bits per heavy atom. The first-order valence-electron chi connectivity index (χ1n) is 6.77. The number of esters is 1. The summed E-state index contributed by atoms with van der Waals surface area (Å²) in [6.07, 6.45) is 4.31. The van der Waals surface area contributed by atoms with Crippen molar-refractivity contribution in [3.63, 3.8) is 0 Å². The molecular weight excluding hydrogens is 338 g/mol. The van der Waals surface area contributed by atoms with Gasteiger partial charge >= 0.3 is 11.9 Å². The topological polar surface area (TPSA) is 149 Å². The number of β-lactam (4-membered cyclic amide) rings is 1.